The highest BCUT2D eigenvalue weighted by Gasteiger charge is 2.41. The van der Waals surface area contributed by atoms with E-state index in [4.69, 9.17) is 42.6 Å². The molecular weight excluding hydrogens is 1180 g/mol. The fraction of sp³-hybridized carbons (Fsp3) is 0.579. The lowest BCUT2D eigenvalue weighted by Gasteiger charge is -2.29. The van der Waals surface area contributed by atoms with Gasteiger partial charge in [-0.05, 0) is 126 Å². The number of imide groups is 2. The summed E-state index contributed by atoms with van der Waals surface area (Å²) in [5.41, 5.74) is -1.73. The van der Waals surface area contributed by atoms with Gasteiger partial charge in [0.05, 0.1) is 51.0 Å². The molecule has 4 aromatic rings. The number of esters is 1. The van der Waals surface area contributed by atoms with Crippen molar-refractivity contribution in [3.63, 3.8) is 0 Å². The van der Waals surface area contributed by atoms with Gasteiger partial charge in [-0.1, -0.05) is 71.1 Å². The Kier molecular flexibility index (Phi) is 22.6. The fourth-order valence-corrected chi connectivity index (χ4v) is 8.14. The van der Waals surface area contributed by atoms with Crippen molar-refractivity contribution in [1.82, 2.24) is 29.7 Å². The smallest absolute Gasteiger partial charge is 0.427 e. The number of carbonyl (C=O) groups excluding carboxylic acids is 7. The summed E-state index contributed by atoms with van der Waals surface area (Å²) in [6.45, 7) is 23.5. The zero-order valence-corrected chi connectivity index (χ0v) is 51.8. The van der Waals surface area contributed by atoms with E-state index in [0.29, 0.717) is 27.4 Å². The molecule has 25 heteroatoms. The Balaban J connectivity index is 1.58. The van der Waals surface area contributed by atoms with E-state index in [1.165, 1.54) is 4.57 Å². The van der Waals surface area contributed by atoms with Crippen molar-refractivity contribution < 1.29 is 76.2 Å². The van der Waals surface area contributed by atoms with Gasteiger partial charge in [0.15, 0.2) is 17.0 Å². The van der Waals surface area contributed by atoms with Gasteiger partial charge in [0, 0.05) is 16.9 Å². The first-order chi connectivity index (χ1) is 38.1. The van der Waals surface area contributed by atoms with Gasteiger partial charge < -0.3 is 57.4 Å². The normalized spacial score (nSPS) is 13.1. The van der Waals surface area contributed by atoms with Crippen LogP contribution in [-0.4, -0.2) is 165 Å². The van der Waals surface area contributed by atoms with Crippen LogP contribution >= 0.6 is 22.6 Å². The molecule has 82 heavy (non-hydrogen) atoms. The second-order valence-corrected chi connectivity index (χ2v) is 25.1. The number of imidazole rings is 1. The summed E-state index contributed by atoms with van der Waals surface area (Å²) in [6, 6.07) is 14.7. The molecule has 6 amide bonds. The van der Waals surface area contributed by atoms with Gasteiger partial charge in [-0.2, -0.15) is 14.9 Å². The average Bonchev–Trinajstić information content (AvgIpc) is 4.12. The second-order valence-electron chi connectivity index (χ2n) is 24.0. The van der Waals surface area contributed by atoms with E-state index in [2.05, 4.69) is 20.3 Å². The third kappa shape index (κ3) is 20.3. The van der Waals surface area contributed by atoms with Gasteiger partial charge in [0.1, 0.15) is 48.7 Å². The molecule has 24 nitrogen and oxygen atoms in total. The van der Waals surface area contributed by atoms with E-state index in [-0.39, 0.29) is 62.3 Å². The van der Waals surface area contributed by atoms with Crippen LogP contribution in [0.4, 0.5) is 35.7 Å². The summed E-state index contributed by atoms with van der Waals surface area (Å²) in [5, 5.41) is 2.83. The van der Waals surface area contributed by atoms with Crippen molar-refractivity contribution in [2.24, 2.45) is 0 Å². The monoisotopic (exact) mass is 1260 g/mol. The minimum atomic E-state index is -1.32. The molecule has 1 N–H and O–H groups in total. The number of aromatic nitrogens is 4. The van der Waals surface area contributed by atoms with E-state index in [9.17, 15) is 33.6 Å². The molecule has 2 aromatic carbocycles. The summed E-state index contributed by atoms with van der Waals surface area (Å²) in [4.78, 5) is 114. The predicted molar refractivity (Wildman–Crippen MR) is 311 cm³/mol. The molecule has 0 bridgehead atoms. The number of nitrogens with one attached hydrogen (secondary N) is 1. The highest BCUT2D eigenvalue weighted by Crippen LogP contribution is 2.44. The Morgan fingerprint density at radius 3 is 1.63 bits per heavy atom. The van der Waals surface area contributed by atoms with Crippen molar-refractivity contribution >= 4 is 87.9 Å². The van der Waals surface area contributed by atoms with Crippen LogP contribution < -0.4 is 15.1 Å². The van der Waals surface area contributed by atoms with Crippen LogP contribution in [0.2, 0.25) is 0 Å². The van der Waals surface area contributed by atoms with Crippen LogP contribution in [-0.2, 0) is 58.8 Å². The lowest BCUT2D eigenvalue weighted by Crippen LogP contribution is -2.50. The van der Waals surface area contributed by atoms with E-state index < -0.39 is 95.6 Å². The fourth-order valence-electron chi connectivity index (χ4n) is 7.92. The molecule has 5 rings (SSSR count). The van der Waals surface area contributed by atoms with Gasteiger partial charge in [0.25, 0.3) is 0 Å². The Morgan fingerprint density at radius 2 is 1.12 bits per heavy atom. The zero-order valence-electron chi connectivity index (χ0n) is 49.7. The molecule has 0 fully saturated rings. The molecule has 0 spiro atoms. The Hall–Kier alpha value is -6.71. The lowest BCUT2D eigenvalue weighted by atomic mass is 9.98. The van der Waals surface area contributed by atoms with Crippen LogP contribution in [0.3, 0.4) is 0 Å². The van der Waals surface area contributed by atoms with E-state index in [1.54, 1.807) is 83.1 Å². The molecule has 450 valence electrons. The SMILES string of the molecule is CC(C)(C)OCCOCCOC[C@@H](CN(CC(=O)OCCI)C(=O)Cn1cnc2c(N(C(=O)OC(C)(C)C)C(=O)OC(C)(C)C)nc(N(C(=O)OC(C)(C)C)C(=O)OC(C)(C)C)nc21)NC(=O)OCC1c2ccccc2-c2ccccc21. The highest BCUT2D eigenvalue weighted by atomic mass is 127. The topological polar surface area (TPSA) is 268 Å². The molecule has 2 heterocycles. The largest absolute Gasteiger partial charge is 0.464 e. The minimum Gasteiger partial charge on any atom is -0.464 e. The number of rotatable bonds is 21. The summed E-state index contributed by atoms with van der Waals surface area (Å²) in [6.07, 6.45) is -4.92. The van der Waals surface area contributed by atoms with Crippen LogP contribution in [0.25, 0.3) is 22.3 Å². The number of fused-ring (bicyclic) bond motifs is 4. The Labute approximate surface area is 492 Å². The van der Waals surface area contributed by atoms with Crippen molar-refractivity contribution in [3.8, 4) is 11.1 Å². The quantitative estimate of drug-likeness (QED) is 0.0267. The van der Waals surface area contributed by atoms with Gasteiger partial charge in [-0.3, -0.25) is 9.59 Å². The predicted octanol–water partition coefficient (Wildman–Crippen LogP) is 9.74. The number of alkyl carbamates (subject to hydrolysis) is 1. The first-order valence-electron chi connectivity index (χ1n) is 26.8. The molecule has 1 aliphatic rings. The third-order valence-corrected chi connectivity index (χ3v) is 11.5. The minimum absolute atomic E-state index is 0.0265. The number of benzene rings is 2. The number of carbonyl (C=O) groups is 7. The van der Waals surface area contributed by atoms with Crippen LogP contribution in [0.1, 0.15) is 121 Å². The number of hydrogen-bond donors (Lipinski definition) is 1. The molecule has 1 aliphatic carbocycles. The molecule has 0 unspecified atom stereocenters. The van der Waals surface area contributed by atoms with Crippen molar-refractivity contribution in [2.45, 2.75) is 150 Å². The summed E-state index contributed by atoms with van der Waals surface area (Å²) in [5.74, 6) is -3.25. The van der Waals surface area contributed by atoms with Crippen LogP contribution in [0, 0.1) is 0 Å². The molecule has 1 atom stereocenters. The number of halogens is 1. The van der Waals surface area contributed by atoms with E-state index >= 15 is 0 Å². The maximum absolute atomic E-state index is 15.0. The van der Waals surface area contributed by atoms with Crippen molar-refractivity contribution in [3.05, 3.63) is 66.0 Å². The van der Waals surface area contributed by atoms with Gasteiger partial charge in [-0.25, -0.2) is 29.0 Å². The number of anilines is 2. The molecule has 0 saturated carbocycles. The summed E-state index contributed by atoms with van der Waals surface area (Å²) >= 11 is 2.03. The molecule has 2 aromatic heterocycles. The molecular formula is C57H79IN8O16. The van der Waals surface area contributed by atoms with Gasteiger partial charge in [0.2, 0.25) is 11.9 Å². The molecule has 0 radical (unpaired) electrons. The maximum atomic E-state index is 15.0. The van der Waals surface area contributed by atoms with Gasteiger partial charge in [-0.15, -0.1) is 4.90 Å². The second kappa shape index (κ2) is 28.0. The Morgan fingerprint density at radius 1 is 0.622 bits per heavy atom. The van der Waals surface area contributed by atoms with Gasteiger partial charge >= 0.3 is 36.4 Å². The maximum Gasteiger partial charge on any atom is 0.427 e. The Bertz CT molecular complexity index is 2800. The number of ether oxygens (including phenoxy) is 9. The summed E-state index contributed by atoms with van der Waals surface area (Å²) < 4.78 is 53.0. The molecule has 0 saturated heterocycles. The number of nitrogens with zero attached hydrogens (tertiary/aromatic N) is 7. The number of amides is 6. The third-order valence-electron chi connectivity index (χ3n) is 11.0. The number of hydrogen-bond acceptors (Lipinski definition) is 19. The summed E-state index contributed by atoms with van der Waals surface area (Å²) in [7, 11) is 0. The lowest BCUT2D eigenvalue weighted by molar-refractivity contribution is -0.149. The van der Waals surface area contributed by atoms with E-state index in [0.717, 1.165) is 33.5 Å². The molecule has 0 aliphatic heterocycles. The highest BCUT2D eigenvalue weighted by molar-refractivity contribution is 14.1. The van der Waals surface area contributed by atoms with Crippen molar-refractivity contribution in [2.75, 3.05) is 73.6 Å². The van der Waals surface area contributed by atoms with Crippen molar-refractivity contribution in [1.29, 1.82) is 0 Å². The zero-order chi connectivity index (χ0) is 61.0. The average molecular weight is 1260 g/mol. The van der Waals surface area contributed by atoms with Crippen LogP contribution in [0.15, 0.2) is 54.9 Å². The first-order valence-corrected chi connectivity index (χ1v) is 28.3. The van der Waals surface area contributed by atoms with Crippen LogP contribution in [0.5, 0.6) is 0 Å². The first kappa shape index (κ1) is 66.1. The standard InChI is InChI=1S/C57H79IN8O16/c1-53(2,3)78-29-28-74-26-27-75-33-36(60-48(69)77-34-41-39-22-18-16-20-37(39)38-21-17-19-23-40(38)41)30-63(32-43(68)76-25-24-58)42(67)31-64-35-59-44-45(64)61-47(66(51(72)81-56(10,11)12)52(73)82-57(13,14)15)62-46(44)65(49(70)79-54(4,5)6)50(71)80-55(7,8)9/h16-23,35-36,41H,24-34H2,1-15H3,(H,60,69)/t36-/m1/s1. The number of alkyl halides is 1. The van der Waals surface area contributed by atoms with E-state index in [1.807, 2.05) is 91.9 Å².